The SMILES string of the molecule is COC(=O)c1c(C(N)=O)n[nH]c1[C@@H]1O[C@H](COCc2ccccc2)[C@@H](OCc2ccccc2)[C@H]1OCc1ccccc1. The molecule has 1 aromatic heterocycles. The van der Waals surface area contributed by atoms with Crippen LogP contribution in [-0.2, 0) is 43.5 Å². The number of amides is 1. The second-order valence-corrected chi connectivity index (χ2v) is 9.84. The summed E-state index contributed by atoms with van der Waals surface area (Å²) < 4.78 is 30.5. The minimum absolute atomic E-state index is 0.101. The molecule has 5 rings (SSSR count). The van der Waals surface area contributed by atoms with E-state index in [-0.39, 0.29) is 30.2 Å². The second kappa shape index (κ2) is 14.0. The van der Waals surface area contributed by atoms with E-state index in [4.69, 9.17) is 29.4 Å². The van der Waals surface area contributed by atoms with Crippen molar-refractivity contribution in [1.29, 1.82) is 0 Å². The number of carbonyl (C=O) groups is 2. The molecule has 1 aliphatic heterocycles. The standard InChI is InChI=1S/C32H33N3O7/c1-38-32(37)25-26(34-35-27(25)31(33)36)29-30(41-19-23-15-9-4-10-16-23)28(40-18-22-13-7-3-8-14-22)24(42-29)20-39-17-21-11-5-2-6-12-21/h2-16,24,28-30H,17-20H2,1H3,(H2,33,36)(H,34,35)/t24-,28-,29+,30-/m1/s1. The highest BCUT2D eigenvalue weighted by molar-refractivity contribution is 6.04. The minimum atomic E-state index is -0.880. The topological polar surface area (TPSA) is 135 Å². The molecule has 0 spiro atoms. The summed E-state index contributed by atoms with van der Waals surface area (Å²) in [6.45, 7) is 1.09. The van der Waals surface area contributed by atoms with Crippen LogP contribution in [0.3, 0.4) is 0 Å². The van der Waals surface area contributed by atoms with Crippen LogP contribution in [0.4, 0.5) is 0 Å². The molecule has 1 aliphatic rings. The van der Waals surface area contributed by atoms with Crippen molar-refractivity contribution in [1.82, 2.24) is 10.2 Å². The normalized spacial score (nSPS) is 19.9. The molecule has 1 fully saturated rings. The van der Waals surface area contributed by atoms with Gasteiger partial charge in [0, 0.05) is 0 Å². The van der Waals surface area contributed by atoms with E-state index in [2.05, 4.69) is 10.2 Å². The van der Waals surface area contributed by atoms with Crippen LogP contribution in [0, 0.1) is 0 Å². The third kappa shape index (κ3) is 6.92. The molecular formula is C32H33N3O7. The Bertz CT molecular complexity index is 1450. The zero-order valence-electron chi connectivity index (χ0n) is 23.2. The maximum Gasteiger partial charge on any atom is 0.342 e. The van der Waals surface area contributed by atoms with E-state index < -0.39 is 36.3 Å². The van der Waals surface area contributed by atoms with E-state index in [0.29, 0.717) is 13.2 Å². The van der Waals surface area contributed by atoms with Gasteiger partial charge < -0.3 is 29.4 Å². The van der Waals surface area contributed by atoms with Gasteiger partial charge in [0.15, 0.2) is 5.69 Å². The van der Waals surface area contributed by atoms with E-state index in [1.165, 1.54) is 7.11 Å². The first kappa shape index (κ1) is 29.2. The first-order valence-corrected chi connectivity index (χ1v) is 13.6. The van der Waals surface area contributed by atoms with Crippen LogP contribution in [0.2, 0.25) is 0 Å². The van der Waals surface area contributed by atoms with Crippen LogP contribution in [-0.4, -0.2) is 54.1 Å². The molecule has 0 unspecified atom stereocenters. The van der Waals surface area contributed by atoms with Crippen LogP contribution >= 0.6 is 0 Å². The Morgan fingerprint density at radius 2 is 1.33 bits per heavy atom. The summed E-state index contributed by atoms with van der Waals surface area (Å²) in [4.78, 5) is 25.0. The Hall–Kier alpha value is -4.35. The van der Waals surface area contributed by atoms with Gasteiger partial charge in [0.05, 0.1) is 39.2 Å². The molecule has 4 atom stereocenters. The van der Waals surface area contributed by atoms with E-state index in [9.17, 15) is 9.59 Å². The van der Waals surface area contributed by atoms with Gasteiger partial charge in [0.25, 0.3) is 5.91 Å². The third-order valence-electron chi connectivity index (χ3n) is 6.98. The molecular weight excluding hydrogens is 538 g/mol. The third-order valence-corrected chi connectivity index (χ3v) is 6.98. The fraction of sp³-hybridized carbons (Fsp3) is 0.281. The Morgan fingerprint density at radius 3 is 1.86 bits per heavy atom. The maximum atomic E-state index is 12.8. The number of aromatic amines is 1. The molecule has 2 heterocycles. The predicted molar refractivity (Wildman–Crippen MR) is 152 cm³/mol. The number of nitrogens with zero attached hydrogens (tertiary/aromatic N) is 1. The number of methoxy groups -OCH3 is 1. The van der Waals surface area contributed by atoms with Gasteiger partial charge in [-0.3, -0.25) is 9.89 Å². The van der Waals surface area contributed by atoms with Crippen molar-refractivity contribution in [2.45, 2.75) is 44.2 Å². The largest absolute Gasteiger partial charge is 0.465 e. The average molecular weight is 572 g/mol. The van der Waals surface area contributed by atoms with Crippen molar-refractivity contribution in [2.24, 2.45) is 5.73 Å². The Balaban J connectivity index is 1.47. The lowest BCUT2D eigenvalue weighted by molar-refractivity contribution is -0.0898. The number of carbonyl (C=O) groups excluding carboxylic acids is 2. The molecule has 0 aliphatic carbocycles. The lowest BCUT2D eigenvalue weighted by Crippen LogP contribution is -2.38. The van der Waals surface area contributed by atoms with Gasteiger partial charge in [-0.2, -0.15) is 5.10 Å². The van der Waals surface area contributed by atoms with Crippen molar-refractivity contribution in [3.8, 4) is 0 Å². The first-order chi connectivity index (χ1) is 20.5. The Kier molecular flexibility index (Phi) is 9.73. The summed E-state index contributed by atoms with van der Waals surface area (Å²) in [6.07, 6.45) is -2.80. The van der Waals surface area contributed by atoms with E-state index in [0.717, 1.165) is 16.7 Å². The van der Waals surface area contributed by atoms with Crippen LogP contribution in [0.5, 0.6) is 0 Å². The molecule has 0 bridgehead atoms. The van der Waals surface area contributed by atoms with E-state index in [1.54, 1.807) is 0 Å². The van der Waals surface area contributed by atoms with Gasteiger partial charge in [0.2, 0.25) is 0 Å². The molecule has 10 nitrogen and oxygen atoms in total. The summed E-state index contributed by atoms with van der Waals surface area (Å²) in [5, 5.41) is 6.80. The van der Waals surface area contributed by atoms with Gasteiger partial charge in [0.1, 0.15) is 30.0 Å². The van der Waals surface area contributed by atoms with Crippen LogP contribution in [0.15, 0.2) is 91.0 Å². The number of nitrogens with two attached hydrogens (primary N) is 1. The number of nitrogens with one attached hydrogen (secondary N) is 1. The Morgan fingerprint density at radius 1 is 0.810 bits per heavy atom. The van der Waals surface area contributed by atoms with Gasteiger partial charge in [-0.05, 0) is 16.7 Å². The van der Waals surface area contributed by atoms with Gasteiger partial charge in [-0.1, -0.05) is 91.0 Å². The zero-order chi connectivity index (χ0) is 29.3. The summed E-state index contributed by atoms with van der Waals surface area (Å²) in [7, 11) is 1.22. The van der Waals surface area contributed by atoms with Gasteiger partial charge in [-0.25, -0.2) is 4.79 Å². The number of primary amides is 1. The molecule has 218 valence electrons. The first-order valence-electron chi connectivity index (χ1n) is 13.6. The number of esters is 1. The van der Waals surface area contributed by atoms with Gasteiger partial charge in [-0.15, -0.1) is 0 Å². The molecule has 1 saturated heterocycles. The van der Waals surface area contributed by atoms with Crippen molar-refractivity contribution in [3.05, 3.63) is 125 Å². The van der Waals surface area contributed by atoms with Crippen LogP contribution < -0.4 is 5.73 Å². The summed E-state index contributed by atoms with van der Waals surface area (Å²) in [5.74, 6) is -1.65. The zero-order valence-corrected chi connectivity index (χ0v) is 23.2. The average Bonchev–Trinajstić information content (AvgIpc) is 3.62. The summed E-state index contributed by atoms with van der Waals surface area (Å²) in [5.41, 5.74) is 8.33. The maximum absolute atomic E-state index is 12.8. The smallest absolute Gasteiger partial charge is 0.342 e. The molecule has 0 radical (unpaired) electrons. The Labute approximate surface area is 243 Å². The van der Waals surface area contributed by atoms with E-state index >= 15 is 0 Å². The molecule has 1 amide bonds. The lowest BCUT2D eigenvalue weighted by atomic mass is 10.0. The van der Waals surface area contributed by atoms with Crippen LogP contribution in [0.25, 0.3) is 0 Å². The molecule has 3 N–H and O–H groups in total. The monoisotopic (exact) mass is 571 g/mol. The lowest BCUT2D eigenvalue weighted by Gasteiger charge is -2.25. The van der Waals surface area contributed by atoms with E-state index in [1.807, 2.05) is 91.0 Å². The van der Waals surface area contributed by atoms with Crippen molar-refractivity contribution >= 4 is 11.9 Å². The number of rotatable bonds is 13. The summed E-state index contributed by atoms with van der Waals surface area (Å²) >= 11 is 0. The molecule has 10 heteroatoms. The molecule has 4 aromatic rings. The number of hydrogen-bond acceptors (Lipinski definition) is 8. The molecule has 42 heavy (non-hydrogen) atoms. The number of aromatic nitrogens is 2. The predicted octanol–water partition coefficient (Wildman–Crippen LogP) is 4.12. The fourth-order valence-electron chi connectivity index (χ4n) is 4.93. The highest BCUT2D eigenvalue weighted by Crippen LogP contribution is 2.39. The highest BCUT2D eigenvalue weighted by atomic mass is 16.6. The number of hydrogen-bond donors (Lipinski definition) is 2. The minimum Gasteiger partial charge on any atom is -0.465 e. The second-order valence-electron chi connectivity index (χ2n) is 9.84. The van der Waals surface area contributed by atoms with Crippen LogP contribution in [0.1, 0.15) is 49.3 Å². The molecule has 0 saturated carbocycles. The number of H-pyrrole nitrogens is 1. The number of benzene rings is 3. The van der Waals surface area contributed by atoms with Crippen molar-refractivity contribution in [3.63, 3.8) is 0 Å². The summed E-state index contributed by atoms with van der Waals surface area (Å²) in [6, 6.07) is 29.2. The fourth-order valence-corrected chi connectivity index (χ4v) is 4.93. The van der Waals surface area contributed by atoms with Crippen molar-refractivity contribution < 1.29 is 33.3 Å². The van der Waals surface area contributed by atoms with Crippen molar-refractivity contribution in [2.75, 3.05) is 13.7 Å². The van der Waals surface area contributed by atoms with Gasteiger partial charge >= 0.3 is 5.97 Å². The quantitative estimate of drug-likeness (QED) is 0.229. The number of ether oxygens (including phenoxy) is 5. The molecule has 3 aromatic carbocycles. The highest BCUT2D eigenvalue weighted by Gasteiger charge is 2.49.